The Balaban J connectivity index is 2.39. The summed E-state index contributed by atoms with van der Waals surface area (Å²) in [6.07, 6.45) is 0.659. The highest BCUT2D eigenvalue weighted by molar-refractivity contribution is 9.10. The molecule has 3 nitrogen and oxygen atoms in total. The Labute approximate surface area is 88.8 Å². The maximum absolute atomic E-state index is 10.4. The largest absolute Gasteiger partial charge is 0.356 e. The number of benzene rings is 1. The van der Waals surface area contributed by atoms with Gasteiger partial charge >= 0.3 is 0 Å². The molecule has 70 valence electrons. The van der Waals surface area contributed by atoms with Gasteiger partial charge in [-0.3, -0.25) is 4.79 Å². The molecule has 14 heavy (non-hydrogen) atoms. The van der Waals surface area contributed by atoms with E-state index in [2.05, 4.69) is 21.1 Å². The van der Waals surface area contributed by atoms with E-state index in [0.29, 0.717) is 17.7 Å². The van der Waals surface area contributed by atoms with Crippen LogP contribution in [0.3, 0.4) is 0 Å². The quantitative estimate of drug-likeness (QED) is 0.771. The molecule has 0 aliphatic heterocycles. The number of aldehydes is 1. The van der Waals surface area contributed by atoms with Crippen molar-refractivity contribution in [2.24, 2.45) is 0 Å². The molecule has 4 heteroatoms. The van der Waals surface area contributed by atoms with Crippen LogP contribution in [0.5, 0.6) is 0 Å². The molecule has 0 fully saturated rings. The molecular weight excluding hydrogens is 246 g/mol. The van der Waals surface area contributed by atoms with Crippen LogP contribution in [-0.4, -0.2) is 11.4 Å². The summed E-state index contributed by atoms with van der Waals surface area (Å²) in [4.78, 5) is 10.4. The van der Waals surface area contributed by atoms with Gasteiger partial charge in [0.2, 0.25) is 0 Å². The molecule has 1 heterocycles. The SMILES string of the molecule is O=Cc1cc(-c2ccc(Br)cc2)on1. The van der Waals surface area contributed by atoms with Gasteiger partial charge in [0.1, 0.15) is 5.69 Å². The van der Waals surface area contributed by atoms with Crippen LogP contribution in [0.2, 0.25) is 0 Å². The Bertz CT molecular complexity index is 447. The molecule has 0 amide bonds. The van der Waals surface area contributed by atoms with Crippen molar-refractivity contribution in [3.8, 4) is 11.3 Å². The lowest BCUT2D eigenvalue weighted by Gasteiger charge is -1.93. The molecule has 0 aliphatic carbocycles. The first kappa shape index (κ1) is 9.15. The highest BCUT2D eigenvalue weighted by atomic mass is 79.9. The van der Waals surface area contributed by atoms with E-state index in [1.807, 2.05) is 24.3 Å². The van der Waals surface area contributed by atoms with Gasteiger partial charge in [-0.25, -0.2) is 0 Å². The van der Waals surface area contributed by atoms with Crippen LogP contribution in [0, 0.1) is 0 Å². The molecule has 0 saturated heterocycles. The highest BCUT2D eigenvalue weighted by Crippen LogP contribution is 2.21. The van der Waals surface area contributed by atoms with Crippen molar-refractivity contribution in [1.29, 1.82) is 0 Å². The molecule has 1 aromatic heterocycles. The fourth-order valence-electron chi connectivity index (χ4n) is 1.09. The summed E-state index contributed by atoms with van der Waals surface area (Å²) in [5.74, 6) is 0.597. The van der Waals surface area contributed by atoms with Crippen molar-refractivity contribution in [3.05, 3.63) is 40.5 Å². The molecule has 0 N–H and O–H groups in total. The van der Waals surface area contributed by atoms with Crippen molar-refractivity contribution in [3.63, 3.8) is 0 Å². The number of hydrogen-bond acceptors (Lipinski definition) is 3. The zero-order chi connectivity index (χ0) is 9.97. The Hall–Kier alpha value is -1.42. The molecular formula is C10H6BrNO2. The number of rotatable bonds is 2. The number of carbonyl (C=O) groups excluding carboxylic acids is 1. The minimum absolute atomic E-state index is 0.308. The van der Waals surface area contributed by atoms with Crippen molar-refractivity contribution in [1.82, 2.24) is 5.16 Å². The average molecular weight is 252 g/mol. The number of carbonyl (C=O) groups is 1. The Morgan fingerprint density at radius 2 is 2.00 bits per heavy atom. The van der Waals surface area contributed by atoms with Crippen LogP contribution < -0.4 is 0 Å². The van der Waals surface area contributed by atoms with Gasteiger partial charge in [0.05, 0.1) is 0 Å². The van der Waals surface area contributed by atoms with Crippen LogP contribution in [-0.2, 0) is 0 Å². The van der Waals surface area contributed by atoms with E-state index < -0.39 is 0 Å². The van der Waals surface area contributed by atoms with Gasteiger partial charge in [0.15, 0.2) is 12.0 Å². The summed E-state index contributed by atoms with van der Waals surface area (Å²) in [7, 11) is 0. The fourth-order valence-corrected chi connectivity index (χ4v) is 1.36. The molecule has 0 spiro atoms. The zero-order valence-electron chi connectivity index (χ0n) is 7.11. The minimum Gasteiger partial charge on any atom is -0.356 e. The van der Waals surface area contributed by atoms with E-state index in [-0.39, 0.29) is 0 Å². The van der Waals surface area contributed by atoms with Gasteiger partial charge < -0.3 is 4.52 Å². The summed E-state index contributed by atoms with van der Waals surface area (Å²) < 4.78 is 5.98. The lowest BCUT2D eigenvalue weighted by atomic mass is 10.2. The van der Waals surface area contributed by atoms with Gasteiger partial charge in [-0.2, -0.15) is 0 Å². The van der Waals surface area contributed by atoms with E-state index in [4.69, 9.17) is 4.52 Å². The summed E-state index contributed by atoms with van der Waals surface area (Å²) in [5, 5.41) is 3.58. The summed E-state index contributed by atoms with van der Waals surface area (Å²) in [6, 6.07) is 9.19. The zero-order valence-corrected chi connectivity index (χ0v) is 8.69. The predicted molar refractivity (Wildman–Crippen MR) is 55.0 cm³/mol. The van der Waals surface area contributed by atoms with Crippen molar-refractivity contribution in [2.45, 2.75) is 0 Å². The normalized spacial score (nSPS) is 10.1. The smallest absolute Gasteiger partial charge is 0.171 e. The first-order chi connectivity index (χ1) is 6.79. The van der Waals surface area contributed by atoms with Crippen molar-refractivity contribution >= 4 is 22.2 Å². The molecule has 2 rings (SSSR count). The topological polar surface area (TPSA) is 43.1 Å². The van der Waals surface area contributed by atoms with Crippen LogP contribution in [0.4, 0.5) is 0 Å². The number of nitrogens with zero attached hydrogens (tertiary/aromatic N) is 1. The third-order valence-corrected chi connectivity index (χ3v) is 2.31. The fraction of sp³-hybridized carbons (Fsp3) is 0. The number of hydrogen-bond donors (Lipinski definition) is 0. The first-order valence-corrected chi connectivity index (χ1v) is 4.77. The van der Waals surface area contributed by atoms with Gasteiger partial charge in [-0.05, 0) is 12.1 Å². The van der Waals surface area contributed by atoms with Gasteiger partial charge in [-0.15, -0.1) is 0 Å². The Kier molecular flexibility index (Phi) is 2.45. The van der Waals surface area contributed by atoms with E-state index in [1.165, 1.54) is 0 Å². The molecule has 0 radical (unpaired) electrons. The number of halogens is 1. The standard InChI is InChI=1S/C10H6BrNO2/c11-8-3-1-7(2-4-8)10-5-9(6-13)12-14-10/h1-6H. The van der Waals surface area contributed by atoms with E-state index in [9.17, 15) is 4.79 Å². The minimum atomic E-state index is 0.308. The highest BCUT2D eigenvalue weighted by Gasteiger charge is 2.04. The molecule has 0 bridgehead atoms. The second-order valence-corrected chi connectivity index (χ2v) is 3.66. The second-order valence-electron chi connectivity index (χ2n) is 2.74. The molecule has 0 unspecified atom stereocenters. The van der Waals surface area contributed by atoms with Gasteiger partial charge in [-0.1, -0.05) is 33.2 Å². The molecule has 1 aromatic carbocycles. The van der Waals surface area contributed by atoms with E-state index >= 15 is 0 Å². The third-order valence-electron chi connectivity index (χ3n) is 1.78. The van der Waals surface area contributed by atoms with Crippen molar-refractivity contribution in [2.75, 3.05) is 0 Å². The van der Waals surface area contributed by atoms with Crippen molar-refractivity contribution < 1.29 is 9.32 Å². The van der Waals surface area contributed by atoms with Gasteiger partial charge in [0, 0.05) is 16.1 Å². The van der Waals surface area contributed by atoms with E-state index in [1.54, 1.807) is 6.07 Å². The summed E-state index contributed by atoms with van der Waals surface area (Å²) in [5.41, 5.74) is 1.21. The second kappa shape index (κ2) is 3.75. The van der Waals surface area contributed by atoms with Crippen LogP contribution >= 0.6 is 15.9 Å². The van der Waals surface area contributed by atoms with E-state index in [0.717, 1.165) is 10.0 Å². The van der Waals surface area contributed by atoms with Crippen LogP contribution in [0.25, 0.3) is 11.3 Å². The summed E-state index contributed by atoms with van der Waals surface area (Å²) in [6.45, 7) is 0. The monoisotopic (exact) mass is 251 g/mol. The first-order valence-electron chi connectivity index (χ1n) is 3.97. The maximum atomic E-state index is 10.4. The Morgan fingerprint density at radius 3 is 2.57 bits per heavy atom. The molecule has 0 saturated carbocycles. The van der Waals surface area contributed by atoms with Gasteiger partial charge in [0.25, 0.3) is 0 Å². The molecule has 2 aromatic rings. The molecule has 0 aliphatic rings. The average Bonchev–Trinajstić information content (AvgIpc) is 2.67. The van der Waals surface area contributed by atoms with Crippen LogP contribution in [0.1, 0.15) is 10.5 Å². The third kappa shape index (κ3) is 1.75. The lowest BCUT2D eigenvalue weighted by molar-refractivity contribution is 0.111. The number of aromatic nitrogens is 1. The Morgan fingerprint density at radius 1 is 1.29 bits per heavy atom. The maximum Gasteiger partial charge on any atom is 0.171 e. The summed E-state index contributed by atoms with van der Waals surface area (Å²) >= 11 is 3.33. The molecule has 0 atom stereocenters. The predicted octanol–water partition coefficient (Wildman–Crippen LogP) is 2.92. The lowest BCUT2D eigenvalue weighted by Crippen LogP contribution is -1.74. The van der Waals surface area contributed by atoms with Crippen LogP contribution in [0.15, 0.2) is 39.3 Å².